The number of aliphatic hydroxyl groups excluding tert-OH is 1. The number of amides is 1. The van der Waals surface area contributed by atoms with Crippen LogP contribution in [0.3, 0.4) is 0 Å². The molecule has 1 unspecified atom stereocenters. The van der Waals surface area contributed by atoms with Gasteiger partial charge >= 0.3 is 0 Å². The van der Waals surface area contributed by atoms with Crippen molar-refractivity contribution in [3.8, 4) is 0 Å². The van der Waals surface area contributed by atoms with Gasteiger partial charge in [0.15, 0.2) is 0 Å². The molecule has 1 saturated heterocycles. The predicted octanol–water partition coefficient (Wildman–Crippen LogP) is 0.185. The van der Waals surface area contributed by atoms with E-state index in [2.05, 4.69) is 19.3 Å². The van der Waals surface area contributed by atoms with Crippen LogP contribution in [-0.2, 0) is 4.79 Å². The summed E-state index contributed by atoms with van der Waals surface area (Å²) in [4.78, 5) is 11.3. The Morgan fingerprint density at radius 1 is 1.77 bits per heavy atom. The molecule has 0 aliphatic carbocycles. The number of rotatable bonds is 3. The minimum absolute atomic E-state index is 0.00318. The Labute approximate surface area is 82.6 Å². The zero-order valence-corrected chi connectivity index (χ0v) is 8.86. The number of thioether (sulfide) groups is 1. The topological polar surface area (TPSA) is 52.6 Å². The Morgan fingerprint density at radius 3 is 3.00 bits per heavy atom. The third-order valence-electron chi connectivity index (χ3n) is 2.19. The fourth-order valence-electron chi connectivity index (χ4n) is 1.14. The monoisotopic (exact) mass is 204 g/mol. The summed E-state index contributed by atoms with van der Waals surface area (Å²) in [6.07, 6.45) is 0.951. The van der Waals surface area contributed by atoms with Crippen molar-refractivity contribution in [2.75, 3.05) is 18.9 Å². The maximum atomic E-state index is 11.3. The van der Waals surface area contributed by atoms with Crippen LogP contribution in [0.1, 0.15) is 20.3 Å². The Bertz CT molecular complexity index is 201. The van der Waals surface area contributed by atoms with Gasteiger partial charge in [0.25, 0.3) is 0 Å². The summed E-state index contributed by atoms with van der Waals surface area (Å²) < 4.78 is 0. The quantitative estimate of drug-likeness (QED) is 0.689. The second-order valence-electron chi connectivity index (χ2n) is 3.25. The lowest BCUT2D eigenvalue weighted by atomic mass is 10.2. The fraction of sp³-hybridized carbons (Fsp3) is 0.875. The van der Waals surface area contributed by atoms with Gasteiger partial charge in [-0.2, -0.15) is 0 Å². The molecular formula is C8H16N2O2S. The molecule has 1 rings (SSSR count). The number of carbonyl (C=O) groups is 1. The lowest BCUT2D eigenvalue weighted by Gasteiger charge is -2.40. The number of nitrogens with one attached hydrogen (secondary N) is 1. The Hall–Kier alpha value is -0.260. The van der Waals surface area contributed by atoms with Gasteiger partial charge in [-0.05, 0) is 13.3 Å². The average Bonchev–Trinajstić information content (AvgIpc) is 2.12. The Balaban J connectivity index is 2.57. The van der Waals surface area contributed by atoms with Gasteiger partial charge in [0.2, 0.25) is 5.91 Å². The SMILES string of the molecule is CCC1(C)NN(CCO)C(=O)CS1. The van der Waals surface area contributed by atoms with Gasteiger partial charge in [-0.25, -0.2) is 5.43 Å². The van der Waals surface area contributed by atoms with Crippen LogP contribution in [0.5, 0.6) is 0 Å². The summed E-state index contributed by atoms with van der Waals surface area (Å²) in [5.41, 5.74) is 3.12. The summed E-state index contributed by atoms with van der Waals surface area (Å²) in [6, 6.07) is 0. The van der Waals surface area contributed by atoms with E-state index in [9.17, 15) is 4.79 Å². The van der Waals surface area contributed by atoms with E-state index in [1.54, 1.807) is 11.8 Å². The van der Waals surface area contributed by atoms with Gasteiger partial charge < -0.3 is 5.11 Å². The Kier molecular flexibility index (Phi) is 3.58. The number of hydrogen-bond donors (Lipinski definition) is 2. The number of aliphatic hydroxyl groups is 1. The van der Waals surface area contributed by atoms with Crippen LogP contribution in [0, 0.1) is 0 Å². The highest BCUT2D eigenvalue weighted by atomic mass is 32.2. The van der Waals surface area contributed by atoms with E-state index in [0.717, 1.165) is 6.42 Å². The van der Waals surface area contributed by atoms with Gasteiger partial charge in [0.1, 0.15) is 0 Å². The summed E-state index contributed by atoms with van der Waals surface area (Å²) >= 11 is 1.62. The van der Waals surface area contributed by atoms with Crippen molar-refractivity contribution in [1.82, 2.24) is 10.4 Å². The molecule has 1 heterocycles. The van der Waals surface area contributed by atoms with Gasteiger partial charge in [0.05, 0.1) is 23.8 Å². The van der Waals surface area contributed by atoms with Gasteiger partial charge in [-0.3, -0.25) is 9.80 Å². The molecule has 1 atom stereocenters. The van der Waals surface area contributed by atoms with Crippen LogP contribution in [0.15, 0.2) is 0 Å². The molecule has 0 saturated carbocycles. The zero-order valence-electron chi connectivity index (χ0n) is 8.04. The van der Waals surface area contributed by atoms with Crippen LogP contribution in [0.2, 0.25) is 0 Å². The van der Waals surface area contributed by atoms with Crippen LogP contribution < -0.4 is 5.43 Å². The first-order chi connectivity index (χ1) is 6.11. The van der Waals surface area contributed by atoms with Crippen LogP contribution in [-0.4, -0.2) is 39.8 Å². The van der Waals surface area contributed by atoms with E-state index in [-0.39, 0.29) is 17.4 Å². The summed E-state index contributed by atoms with van der Waals surface area (Å²) in [7, 11) is 0. The lowest BCUT2D eigenvalue weighted by Crippen LogP contribution is -2.58. The molecule has 0 spiro atoms. The van der Waals surface area contributed by atoms with E-state index < -0.39 is 0 Å². The van der Waals surface area contributed by atoms with Crippen molar-refractivity contribution in [1.29, 1.82) is 0 Å². The highest BCUT2D eigenvalue weighted by Crippen LogP contribution is 2.29. The van der Waals surface area contributed by atoms with Crippen molar-refractivity contribution in [3.05, 3.63) is 0 Å². The molecular weight excluding hydrogens is 188 g/mol. The molecule has 0 aromatic heterocycles. The van der Waals surface area contributed by atoms with Crippen molar-refractivity contribution in [3.63, 3.8) is 0 Å². The fourth-order valence-corrected chi connectivity index (χ4v) is 2.12. The molecule has 4 nitrogen and oxygen atoms in total. The van der Waals surface area contributed by atoms with Crippen molar-refractivity contribution in [2.24, 2.45) is 0 Å². The molecule has 0 bridgehead atoms. The molecule has 2 N–H and O–H groups in total. The van der Waals surface area contributed by atoms with Gasteiger partial charge in [-0.15, -0.1) is 11.8 Å². The number of carbonyl (C=O) groups excluding carboxylic acids is 1. The molecule has 13 heavy (non-hydrogen) atoms. The highest BCUT2D eigenvalue weighted by Gasteiger charge is 2.33. The number of nitrogens with zero attached hydrogens (tertiary/aromatic N) is 1. The smallest absolute Gasteiger partial charge is 0.246 e. The predicted molar refractivity (Wildman–Crippen MR) is 53.1 cm³/mol. The minimum atomic E-state index is -0.0664. The highest BCUT2D eigenvalue weighted by molar-refractivity contribution is 8.01. The van der Waals surface area contributed by atoms with Gasteiger partial charge in [0, 0.05) is 0 Å². The zero-order chi connectivity index (χ0) is 9.90. The van der Waals surface area contributed by atoms with Crippen LogP contribution in [0.4, 0.5) is 0 Å². The first-order valence-corrected chi connectivity index (χ1v) is 5.43. The van der Waals surface area contributed by atoms with E-state index in [1.165, 1.54) is 5.01 Å². The third-order valence-corrected chi connectivity index (χ3v) is 3.59. The standard InChI is InChI=1S/C8H16N2O2S/c1-3-8(2)9-10(4-5-11)7(12)6-13-8/h9,11H,3-6H2,1-2H3. The average molecular weight is 204 g/mol. The van der Waals surface area contributed by atoms with E-state index in [0.29, 0.717) is 12.3 Å². The molecule has 1 fully saturated rings. The Morgan fingerprint density at radius 2 is 2.46 bits per heavy atom. The van der Waals surface area contributed by atoms with Crippen molar-refractivity contribution >= 4 is 17.7 Å². The molecule has 1 aliphatic heterocycles. The third kappa shape index (κ3) is 2.59. The van der Waals surface area contributed by atoms with Crippen molar-refractivity contribution < 1.29 is 9.90 Å². The van der Waals surface area contributed by atoms with E-state index in [4.69, 9.17) is 5.11 Å². The van der Waals surface area contributed by atoms with Crippen LogP contribution >= 0.6 is 11.8 Å². The first kappa shape index (κ1) is 10.8. The number of hydrogen-bond acceptors (Lipinski definition) is 4. The van der Waals surface area contributed by atoms with E-state index >= 15 is 0 Å². The lowest BCUT2D eigenvalue weighted by molar-refractivity contribution is -0.134. The molecule has 5 heteroatoms. The molecule has 76 valence electrons. The molecule has 1 amide bonds. The minimum Gasteiger partial charge on any atom is -0.394 e. The second kappa shape index (κ2) is 4.30. The normalized spacial score (nSPS) is 29.5. The molecule has 0 aromatic rings. The summed E-state index contributed by atoms with van der Waals surface area (Å²) in [5.74, 6) is 0.544. The van der Waals surface area contributed by atoms with Crippen molar-refractivity contribution in [2.45, 2.75) is 25.1 Å². The maximum absolute atomic E-state index is 11.3. The summed E-state index contributed by atoms with van der Waals surface area (Å²) in [5, 5.41) is 10.3. The maximum Gasteiger partial charge on any atom is 0.246 e. The summed E-state index contributed by atoms with van der Waals surface area (Å²) in [6.45, 7) is 4.51. The van der Waals surface area contributed by atoms with Gasteiger partial charge in [-0.1, -0.05) is 6.92 Å². The second-order valence-corrected chi connectivity index (χ2v) is 4.73. The molecule has 0 aromatic carbocycles. The van der Waals surface area contributed by atoms with E-state index in [1.807, 2.05) is 0 Å². The molecule has 1 aliphatic rings. The molecule has 0 radical (unpaired) electrons. The number of β-amino-alcohol motifs (C(OH)–C–C–N with tert-alkyl or cyclic N) is 1. The van der Waals surface area contributed by atoms with Crippen LogP contribution in [0.25, 0.3) is 0 Å². The number of hydrazine groups is 1. The largest absolute Gasteiger partial charge is 0.394 e. The first-order valence-electron chi connectivity index (χ1n) is 4.44.